The molecular weight excluding hydrogens is 289 g/mol. The molecule has 2 rings (SSSR count). The molecule has 22 heavy (non-hydrogen) atoms. The number of amides is 1. The van der Waals surface area contributed by atoms with Crippen LogP contribution in [-0.4, -0.2) is 42.3 Å². The molecule has 1 amide bonds. The Hall–Kier alpha value is -2.24. The van der Waals surface area contributed by atoms with Crippen molar-refractivity contribution < 1.29 is 23.5 Å². The first-order valence-electron chi connectivity index (χ1n) is 7.25. The molecular formula is C16H18FNO4. The Labute approximate surface area is 128 Å². The second-order valence-electron chi connectivity index (χ2n) is 5.10. The van der Waals surface area contributed by atoms with Crippen LogP contribution in [0.1, 0.15) is 18.9 Å². The minimum absolute atomic E-state index is 0.130. The second kappa shape index (κ2) is 7.15. The van der Waals surface area contributed by atoms with Gasteiger partial charge >= 0.3 is 5.97 Å². The molecule has 1 fully saturated rings. The number of likely N-dealkylation sites (tertiary alicyclic amines) is 1. The molecule has 1 saturated heterocycles. The summed E-state index contributed by atoms with van der Waals surface area (Å²) in [6.45, 7) is 2.44. The topological polar surface area (TPSA) is 63.7 Å². The van der Waals surface area contributed by atoms with Gasteiger partial charge in [-0.15, -0.1) is 0 Å². The molecule has 1 aliphatic rings. The molecule has 1 aliphatic heterocycles. The Morgan fingerprint density at radius 2 is 2.00 bits per heavy atom. The number of hydrogen-bond acceptors (Lipinski definition) is 4. The molecule has 118 valence electrons. The Bertz CT molecular complexity index is 570. The summed E-state index contributed by atoms with van der Waals surface area (Å²) in [5.74, 6) is -3.31. The van der Waals surface area contributed by atoms with Crippen LogP contribution in [0.4, 0.5) is 4.39 Å². The van der Waals surface area contributed by atoms with Crippen molar-refractivity contribution in [3.8, 4) is 0 Å². The van der Waals surface area contributed by atoms with E-state index in [2.05, 4.69) is 0 Å². The minimum Gasteiger partial charge on any atom is -0.465 e. The van der Waals surface area contributed by atoms with Gasteiger partial charge in [-0.1, -0.05) is 12.1 Å². The molecule has 1 aromatic carbocycles. The molecule has 6 heteroatoms. The van der Waals surface area contributed by atoms with Gasteiger partial charge in [0.05, 0.1) is 6.61 Å². The number of nitrogens with zero attached hydrogens (tertiary/aromatic N) is 1. The molecule has 0 aromatic heterocycles. The van der Waals surface area contributed by atoms with Crippen molar-refractivity contribution in [3.63, 3.8) is 0 Å². The highest BCUT2D eigenvalue weighted by molar-refractivity contribution is 6.17. The maximum Gasteiger partial charge on any atom is 0.326 e. The van der Waals surface area contributed by atoms with Gasteiger partial charge in [0.1, 0.15) is 5.82 Å². The molecule has 5 nitrogen and oxygen atoms in total. The summed E-state index contributed by atoms with van der Waals surface area (Å²) in [6, 6.07) is 6.02. The van der Waals surface area contributed by atoms with Crippen LogP contribution in [0.25, 0.3) is 0 Å². The zero-order chi connectivity index (χ0) is 16.1. The SMILES string of the molecule is CCOC(=O)[C@H]1C(=O)CCN(CCc2ccc(F)cc2)C1=O. The number of esters is 1. The maximum absolute atomic E-state index is 12.8. The first kappa shape index (κ1) is 16.1. The van der Waals surface area contributed by atoms with Crippen LogP contribution in [0.2, 0.25) is 0 Å². The zero-order valence-electron chi connectivity index (χ0n) is 12.4. The Morgan fingerprint density at radius 3 is 2.64 bits per heavy atom. The van der Waals surface area contributed by atoms with E-state index in [4.69, 9.17) is 4.74 Å². The van der Waals surface area contributed by atoms with Gasteiger partial charge in [-0.3, -0.25) is 14.4 Å². The van der Waals surface area contributed by atoms with Gasteiger partial charge in [-0.2, -0.15) is 0 Å². The summed E-state index contributed by atoms with van der Waals surface area (Å²) >= 11 is 0. The summed E-state index contributed by atoms with van der Waals surface area (Å²) in [6.07, 6.45) is 0.689. The van der Waals surface area contributed by atoms with Crippen LogP contribution >= 0.6 is 0 Å². The van der Waals surface area contributed by atoms with E-state index in [0.29, 0.717) is 19.5 Å². The lowest BCUT2D eigenvalue weighted by atomic mass is 9.95. The van der Waals surface area contributed by atoms with Gasteiger partial charge in [0, 0.05) is 19.5 Å². The van der Waals surface area contributed by atoms with Crippen molar-refractivity contribution in [2.45, 2.75) is 19.8 Å². The average molecular weight is 307 g/mol. The number of rotatable bonds is 5. The van der Waals surface area contributed by atoms with E-state index in [1.165, 1.54) is 17.0 Å². The second-order valence-corrected chi connectivity index (χ2v) is 5.10. The number of halogens is 1. The third-order valence-corrected chi connectivity index (χ3v) is 3.61. The van der Waals surface area contributed by atoms with E-state index >= 15 is 0 Å². The van der Waals surface area contributed by atoms with E-state index in [0.717, 1.165) is 5.56 Å². The smallest absolute Gasteiger partial charge is 0.326 e. The molecule has 0 radical (unpaired) electrons. The van der Waals surface area contributed by atoms with Crippen molar-refractivity contribution in [1.82, 2.24) is 4.90 Å². The first-order valence-corrected chi connectivity index (χ1v) is 7.25. The van der Waals surface area contributed by atoms with Gasteiger partial charge in [-0.05, 0) is 31.0 Å². The molecule has 0 N–H and O–H groups in total. The Balaban J connectivity index is 1.99. The maximum atomic E-state index is 12.8. The molecule has 0 unspecified atom stereocenters. The lowest BCUT2D eigenvalue weighted by Crippen LogP contribution is -2.50. The van der Waals surface area contributed by atoms with Crippen LogP contribution in [0.15, 0.2) is 24.3 Å². The summed E-state index contributed by atoms with van der Waals surface area (Å²) in [7, 11) is 0. The standard InChI is InChI=1S/C16H18FNO4/c1-2-22-16(21)14-13(19)8-10-18(15(14)20)9-7-11-3-5-12(17)6-4-11/h3-6,14H,2,7-10H2,1H3/t14-/m0/s1. The average Bonchev–Trinajstić information content (AvgIpc) is 2.48. The summed E-state index contributed by atoms with van der Waals surface area (Å²) in [5.41, 5.74) is 0.888. The largest absolute Gasteiger partial charge is 0.465 e. The normalized spacial score (nSPS) is 18.5. The van der Waals surface area contributed by atoms with Crippen LogP contribution in [-0.2, 0) is 25.5 Å². The van der Waals surface area contributed by atoms with Crippen molar-refractivity contribution in [3.05, 3.63) is 35.6 Å². The van der Waals surface area contributed by atoms with Crippen LogP contribution in [0.3, 0.4) is 0 Å². The molecule has 1 heterocycles. The van der Waals surface area contributed by atoms with E-state index in [-0.39, 0.29) is 24.6 Å². The third kappa shape index (κ3) is 3.69. The van der Waals surface area contributed by atoms with Gasteiger partial charge in [-0.25, -0.2) is 4.39 Å². The summed E-state index contributed by atoms with van der Waals surface area (Å²) in [5, 5.41) is 0. The fourth-order valence-electron chi connectivity index (χ4n) is 2.41. The number of ketones is 1. The van der Waals surface area contributed by atoms with Gasteiger partial charge < -0.3 is 9.64 Å². The number of carbonyl (C=O) groups is 3. The molecule has 0 spiro atoms. The molecule has 1 aromatic rings. The van der Waals surface area contributed by atoms with Crippen molar-refractivity contribution in [2.75, 3.05) is 19.7 Å². The highest BCUT2D eigenvalue weighted by atomic mass is 19.1. The van der Waals surface area contributed by atoms with Crippen LogP contribution in [0, 0.1) is 11.7 Å². The van der Waals surface area contributed by atoms with E-state index in [9.17, 15) is 18.8 Å². The van der Waals surface area contributed by atoms with E-state index in [1.54, 1.807) is 19.1 Å². The number of Topliss-reactive ketones (excluding diaryl/α,β-unsaturated/α-hetero) is 1. The highest BCUT2D eigenvalue weighted by Crippen LogP contribution is 2.17. The predicted octanol–water partition coefficient (Wildman–Crippen LogP) is 1.35. The van der Waals surface area contributed by atoms with Crippen molar-refractivity contribution in [2.24, 2.45) is 5.92 Å². The Morgan fingerprint density at radius 1 is 1.32 bits per heavy atom. The molecule has 0 bridgehead atoms. The number of benzene rings is 1. The van der Waals surface area contributed by atoms with Crippen molar-refractivity contribution >= 4 is 17.7 Å². The number of ether oxygens (including phenoxy) is 1. The van der Waals surface area contributed by atoms with Gasteiger partial charge in [0.15, 0.2) is 11.7 Å². The predicted molar refractivity (Wildman–Crippen MR) is 76.4 cm³/mol. The fraction of sp³-hybridized carbons (Fsp3) is 0.438. The van der Waals surface area contributed by atoms with E-state index < -0.39 is 17.8 Å². The van der Waals surface area contributed by atoms with Gasteiger partial charge in [0.2, 0.25) is 5.91 Å². The van der Waals surface area contributed by atoms with Crippen molar-refractivity contribution in [1.29, 1.82) is 0 Å². The molecule has 0 saturated carbocycles. The minimum atomic E-state index is -1.33. The van der Waals surface area contributed by atoms with Crippen LogP contribution < -0.4 is 0 Å². The number of piperidine rings is 1. The molecule has 0 aliphatic carbocycles. The lowest BCUT2D eigenvalue weighted by Gasteiger charge is -2.30. The number of carbonyl (C=O) groups excluding carboxylic acids is 3. The summed E-state index contributed by atoms with van der Waals surface area (Å²) < 4.78 is 17.6. The quantitative estimate of drug-likeness (QED) is 0.608. The number of hydrogen-bond donors (Lipinski definition) is 0. The lowest BCUT2D eigenvalue weighted by molar-refractivity contribution is -0.161. The monoisotopic (exact) mass is 307 g/mol. The highest BCUT2D eigenvalue weighted by Gasteiger charge is 2.41. The third-order valence-electron chi connectivity index (χ3n) is 3.61. The summed E-state index contributed by atoms with van der Waals surface area (Å²) in [4.78, 5) is 37.3. The first-order chi connectivity index (χ1) is 10.5. The van der Waals surface area contributed by atoms with E-state index in [1.807, 2.05) is 0 Å². The Kier molecular flexibility index (Phi) is 5.25. The zero-order valence-corrected chi connectivity index (χ0v) is 12.4. The van der Waals surface area contributed by atoms with Gasteiger partial charge in [0.25, 0.3) is 0 Å². The fourth-order valence-corrected chi connectivity index (χ4v) is 2.41. The molecule has 1 atom stereocenters. The van der Waals surface area contributed by atoms with Crippen LogP contribution in [0.5, 0.6) is 0 Å².